The molecule has 0 aliphatic carbocycles. The fourth-order valence-electron chi connectivity index (χ4n) is 2.22. The van der Waals surface area contributed by atoms with Crippen LogP contribution >= 0.6 is 28.3 Å². The van der Waals surface area contributed by atoms with Crippen LogP contribution in [0.15, 0.2) is 40.9 Å². The average Bonchev–Trinajstić information content (AvgIpc) is 2.59. The summed E-state index contributed by atoms with van der Waals surface area (Å²) in [6, 6.07) is 11.0. The van der Waals surface area contributed by atoms with Crippen LogP contribution in [0.1, 0.15) is 31.4 Å². The number of hydrogen-bond donors (Lipinski definition) is 1. The smallest absolute Gasteiger partial charge is 0.175 e. The van der Waals surface area contributed by atoms with E-state index >= 15 is 0 Å². The maximum atomic E-state index is 13.7. The van der Waals surface area contributed by atoms with E-state index in [2.05, 4.69) is 35.1 Å². The standard InChI is InChI=1S/C19H23BrFNO2.ClH/c1-4-13(2)22-11-14-9-16(20)19(18(10-14)23-3)24-12-15-7-5-6-8-17(15)21;/h5-10,13,22H,4,11-12H2,1-3H3;1H. The van der Waals surface area contributed by atoms with Crippen LogP contribution in [0.4, 0.5) is 4.39 Å². The molecule has 6 heteroatoms. The summed E-state index contributed by atoms with van der Waals surface area (Å²) in [6.07, 6.45) is 1.07. The second-order valence-electron chi connectivity index (χ2n) is 5.68. The summed E-state index contributed by atoms with van der Waals surface area (Å²) >= 11 is 3.53. The Labute approximate surface area is 163 Å². The lowest BCUT2D eigenvalue weighted by Gasteiger charge is -2.16. The largest absolute Gasteiger partial charge is 0.493 e. The van der Waals surface area contributed by atoms with Gasteiger partial charge in [-0.1, -0.05) is 25.1 Å². The second-order valence-corrected chi connectivity index (χ2v) is 6.53. The zero-order valence-electron chi connectivity index (χ0n) is 14.6. The van der Waals surface area contributed by atoms with Crippen LogP contribution in [0.5, 0.6) is 11.5 Å². The third kappa shape index (κ3) is 6.17. The van der Waals surface area contributed by atoms with Gasteiger partial charge in [-0.3, -0.25) is 0 Å². The second kappa shape index (κ2) is 10.6. The molecule has 1 unspecified atom stereocenters. The molecule has 2 aromatic rings. The van der Waals surface area contributed by atoms with Crippen LogP contribution in [0.2, 0.25) is 0 Å². The van der Waals surface area contributed by atoms with Gasteiger partial charge in [0, 0.05) is 18.2 Å². The molecule has 0 spiro atoms. The molecule has 0 saturated heterocycles. The quantitative estimate of drug-likeness (QED) is 0.598. The lowest BCUT2D eigenvalue weighted by Crippen LogP contribution is -2.24. The SMILES string of the molecule is CCC(C)NCc1cc(Br)c(OCc2ccccc2F)c(OC)c1.Cl. The number of methoxy groups -OCH3 is 1. The molecule has 0 fully saturated rings. The highest BCUT2D eigenvalue weighted by molar-refractivity contribution is 9.10. The molecule has 2 rings (SSSR count). The van der Waals surface area contributed by atoms with Crippen molar-refractivity contribution >= 4 is 28.3 Å². The van der Waals surface area contributed by atoms with Crippen molar-refractivity contribution in [1.82, 2.24) is 5.32 Å². The molecule has 0 heterocycles. The third-order valence-electron chi connectivity index (χ3n) is 3.89. The Morgan fingerprint density at radius 2 is 1.96 bits per heavy atom. The molecule has 0 aromatic heterocycles. The molecular weight excluding hydrogens is 409 g/mol. The average molecular weight is 433 g/mol. The maximum absolute atomic E-state index is 13.7. The molecule has 3 nitrogen and oxygen atoms in total. The number of hydrogen-bond acceptors (Lipinski definition) is 3. The van der Waals surface area contributed by atoms with Gasteiger partial charge >= 0.3 is 0 Å². The Balaban J connectivity index is 0.00000312. The minimum atomic E-state index is -0.276. The highest BCUT2D eigenvalue weighted by atomic mass is 79.9. The predicted molar refractivity (Wildman–Crippen MR) is 105 cm³/mol. The van der Waals surface area contributed by atoms with Crippen molar-refractivity contribution in [3.63, 3.8) is 0 Å². The summed E-state index contributed by atoms with van der Waals surface area (Å²) in [5, 5.41) is 3.45. The lowest BCUT2D eigenvalue weighted by molar-refractivity contribution is 0.277. The Kier molecular flexibility index (Phi) is 9.25. The van der Waals surface area contributed by atoms with Crippen molar-refractivity contribution in [2.75, 3.05) is 7.11 Å². The van der Waals surface area contributed by atoms with Gasteiger partial charge < -0.3 is 14.8 Å². The number of nitrogens with one attached hydrogen (secondary N) is 1. The zero-order valence-corrected chi connectivity index (χ0v) is 17.0. The number of ether oxygens (including phenoxy) is 2. The zero-order chi connectivity index (χ0) is 17.5. The van der Waals surface area contributed by atoms with Crippen molar-refractivity contribution in [3.05, 3.63) is 57.8 Å². The van der Waals surface area contributed by atoms with Crippen LogP contribution in [0.3, 0.4) is 0 Å². The van der Waals surface area contributed by atoms with Gasteiger partial charge in [-0.15, -0.1) is 12.4 Å². The van der Waals surface area contributed by atoms with Crippen LogP contribution in [-0.4, -0.2) is 13.2 Å². The van der Waals surface area contributed by atoms with Gasteiger partial charge in [-0.05, 0) is 53.0 Å². The lowest BCUT2D eigenvalue weighted by atomic mass is 10.1. The van der Waals surface area contributed by atoms with E-state index < -0.39 is 0 Å². The first-order valence-electron chi connectivity index (χ1n) is 8.01. The van der Waals surface area contributed by atoms with E-state index in [9.17, 15) is 4.39 Å². The normalized spacial score (nSPS) is 11.6. The molecule has 0 saturated carbocycles. The summed E-state index contributed by atoms with van der Waals surface area (Å²) in [5.74, 6) is 0.927. The topological polar surface area (TPSA) is 30.5 Å². The predicted octanol–water partition coefficient (Wildman–Crippen LogP) is 5.49. The van der Waals surface area contributed by atoms with Gasteiger partial charge in [0.05, 0.1) is 11.6 Å². The van der Waals surface area contributed by atoms with E-state index in [-0.39, 0.29) is 24.8 Å². The fraction of sp³-hybridized carbons (Fsp3) is 0.368. The number of rotatable bonds is 8. The van der Waals surface area contributed by atoms with Crippen LogP contribution in [-0.2, 0) is 13.2 Å². The van der Waals surface area contributed by atoms with Crippen LogP contribution < -0.4 is 14.8 Å². The number of benzene rings is 2. The molecule has 0 bridgehead atoms. The summed E-state index contributed by atoms with van der Waals surface area (Å²) in [5.41, 5.74) is 1.60. The summed E-state index contributed by atoms with van der Waals surface area (Å²) in [7, 11) is 1.60. The number of halogens is 3. The monoisotopic (exact) mass is 431 g/mol. The van der Waals surface area contributed by atoms with Gasteiger partial charge in [0.25, 0.3) is 0 Å². The molecule has 0 radical (unpaired) electrons. The molecule has 2 aromatic carbocycles. The van der Waals surface area contributed by atoms with E-state index in [0.29, 0.717) is 23.1 Å². The van der Waals surface area contributed by atoms with Crippen molar-refractivity contribution in [3.8, 4) is 11.5 Å². The molecule has 0 aliphatic heterocycles. The first-order valence-corrected chi connectivity index (χ1v) is 8.80. The van der Waals surface area contributed by atoms with E-state index in [1.807, 2.05) is 12.1 Å². The van der Waals surface area contributed by atoms with Crippen LogP contribution in [0.25, 0.3) is 0 Å². The molecule has 1 N–H and O–H groups in total. The van der Waals surface area contributed by atoms with E-state index in [1.165, 1.54) is 6.07 Å². The Hall–Kier alpha value is -1.30. The highest BCUT2D eigenvalue weighted by Gasteiger charge is 2.13. The van der Waals surface area contributed by atoms with Crippen LogP contribution in [0, 0.1) is 5.82 Å². The molecule has 0 amide bonds. The molecule has 0 aliphatic rings. The minimum Gasteiger partial charge on any atom is -0.493 e. The van der Waals surface area contributed by atoms with Crippen molar-refractivity contribution < 1.29 is 13.9 Å². The minimum absolute atomic E-state index is 0. The maximum Gasteiger partial charge on any atom is 0.175 e. The summed E-state index contributed by atoms with van der Waals surface area (Å²) in [4.78, 5) is 0. The van der Waals surface area contributed by atoms with Crippen molar-refractivity contribution in [2.24, 2.45) is 0 Å². The van der Waals surface area contributed by atoms with E-state index in [0.717, 1.165) is 23.0 Å². The first kappa shape index (κ1) is 21.7. The van der Waals surface area contributed by atoms with E-state index in [1.54, 1.807) is 25.3 Å². The Bertz CT molecular complexity index is 684. The molecule has 1 atom stereocenters. The molecular formula is C19H24BrClFNO2. The van der Waals surface area contributed by atoms with E-state index in [4.69, 9.17) is 9.47 Å². The summed E-state index contributed by atoms with van der Waals surface area (Å²) < 4.78 is 25.7. The van der Waals surface area contributed by atoms with Gasteiger partial charge in [0.1, 0.15) is 12.4 Å². The van der Waals surface area contributed by atoms with Gasteiger partial charge in [0.15, 0.2) is 11.5 Å². The third-order valence-corrected chi connectivity index (χ3v) is 4.48. The van der Waals surface area contributed by atoms with Gasteiger partial charge in [-0.2, -0.15) is 0 Å². The Morgan fingerprint density at radius 3 is 2.60 bits per heavy atom. The van der Waals surface area contributed by atoms with Crippen molar-refractivity contribution in [2.45, 2.75) is 39.5 Å². The summed E-state index contributed by atoms with van der Waals surface area (Å²) in [6.45, 7) is 5.19. The Morgan fingerprint density at radius 1 is 1.24 bits per heavy atom. The van der Waals surface area contributed by atoms with Crippen molar-refractivity contribution in [1.29, 1.82) is 0 Å². The fourth-order valence-corrected chi connectivity index (χ4v) is 2.82. The highest BCUT2D eigenvalue weighted by Crippen LogP contribution is 2.37. The molecule has 138 valence electrons. The van der Waals surface area contributed by atoms with Gasteiger partial charge in [-0.25, -0.2) is 4.39 Å². The first-order chi connectivity index (χ1) is 11.5. The molecule has 25 heavy (non-hydrogen) atoms. The van der Waals surface area contributed by atoms with Gasteiger partial charge in [0.2, 0.25) is 0 Å².